The lowest BCUT2D eigenvalue weighted by atomic mass is 10.0. The van der Waals surface area contributed by atoms with Gasteiger partial charge >= 0.3 is 0 Å². The molecule has 1 heterocycles. The highest BCUT2D eigenvalue weighted by atomic mass is 14.9. The lowest BCUT2D eigenvalue weighted by Gasteiger charge is -2.16. The fourth-order valence-electron chi connectivity index (χ4n) is 1.95. The van der Waals surface area contributed by atoms with Gasteiger partial charge in [-0.05, 0) is 32.0 Å². The van der Waals surface area contributed by atoms with E-state index in [1.807, 2.05) is 12.3 Å². The van der Waals surface area contributed by atoms with Gasteiger partial charge in [-0.25, -0.2) is 0 Å². The summed E-state index contributed by atoms with van der Waals surface area (Å²) in [6.45, 7) is 4.39. The van der Waals surface area contributed by atoms with Crippen molar-refractivity contribution in [3.63, 3.8) is 0 Å². The van der Waals surface area contributed by atoms with Crippen LogP contribution in [0.15, 0.2) is 18.3 Å². The van der Waals surface area contributed by atoms with Crippen LogP contribution in [0.1, 0.15) is 43.9 Å². The van der Waals surface area contributed by atoms with Crippen LogP contribution in [0.5, 0.6) is 0 Å². The second-order valence-electron chi connectivity index (χ2n) is 4.45. The molecule has 0 aliphatic carbocycles. The number of hydrogen-bond donors (Lipinski definition) is 1. The van der Waals surface area contributed by atoms with Gasteiger partial charge in [-0.3, -0.25) is 4.98 Å². The molecule has 0 aliphatic heterocycles. The Morgan fingerprint density at radius 2 is 2.19 bits per heavy atom. The highest BCUT2D eigenvalue weighted by Gasteiger charge is 2.09. The zero-order valence-corrected chi connectivity index (χ0v) is 10.8. The Morgan fingerprint density at radius 1 is 1.38 bits per heavy atom. The van der Waals surface area contributed by atoms with Crippen molar-refractivity contribution in [3.8, 4) is 0 Å². The van der Waals surface area contributed by atoms with Gasteiger partial charge in [0.25, 0.3) is 0 Å². The smallest absolute Gasteiger partial charge is 0.0448 e. The summed E-state index contributed by atoms with van der Waals surface area (Å²) in [5.74, 6) is 0. The Kier molecular flexibility index (Phi) is 6.09. The fourth-order valence-corrected chi connectivity index (χ4v) is 1.95. The standard InChI is InChI=1S/C14H24N2/c1-4-5-6-9-13(15-3)11-14-12(2)8-7-10-16-14/h7-8,10,13,15H,4-6,9,11H2,1-3H3. The minimum atomic E-state index is 0.570. The lowest BCUT2D eigenvalue weighted by molar-refractivity contribution is 0.485. The van der Waals surface area contributed by atoms with E-state index in [1.54, 1.807) is 0 Å². The lowest BCUT2D eigenvalue weighted by Crippen LogP contribution is -2.28. The molecule has 1 atom stereocenters. The number of rotatable bonds is 7. The molecule has 1 unspecified atom stereocenters. The number of aromatic nitrogens is 1. The summed E-state index contributed by atoms with van der Waals surface area (Å²) < 4.78 is 0. The number of likely N-dealkylation sites (N-methyl/N-ethyl adjacent to an activating group) is 1. The molecule has 0 aliphatic rings. The molecular weight excluding hydrogens is 196 g/mol. The highest BCUT2D eigenvalue weighted by Crippen LogP contribution is 2.11. The molecule has 1 rings (SSSR count). The van der Waals surface area contributed by atoms with E-state index in [0.29, 0.717) is 6.04 Å². The Bertz CT molecular complexity index is 297. The molecule has 0 spiro atoms. The molecule has 0 radical (unpaired) electrons. The third kappa shape index (κ3) is 4.31. The second-order valence-corrected chi connectivity index (χ2v) is 4.45. The maximum atomic E-state index is 4.45. The van der Waals surface area contributed by atoms with Gasteiger partial charge in [0.2, 0.25) is 0 Å². The van der Waals surface area contributed by atoms with Gasteiger partial charge < -0.3 is 5.32 Å². The maximum absolute atomic E-state index is 4.45. The monoisotopic (exact) mass is 220 g/mol. The molecule has 0 bridgehead atoms. The average Bonchev–Trinajstić information content (AvgIpc) is 2.30. The van der Waals surface area contributed by atoms with E-state index in [4.69, 9.17) is 0 Å². The Labute approximate surface area is 99.5 Å². The van der Waals surface area contributed by atoms with Crippen LogP contribution >= 0.6 is 0 Å². The van der Waals surface area contributed by atoms with E-state index in [-0.39, 0.29) is 0 Å². The summed E-state index contributed by atoms with van der Waals surface area (Å²) >= 11 is 0. The van der Waals surface area contributed by atoms with Crippen molar-refractivity contribution >= 4 is 0 Å². The Hall–Kier alpha value is -0.890. The average molecular weight is 220 g/mol. The van der Waals surface area contributed by atoms with Crippen molar-refractivity contribution in [2.24, 2.45) is 0 Å². The van der Waals surface area contributed by atoms with Gasteiger partial charge in [-0.2, -0.15) is 0 Å². The molecular formula is C14H24N2. The molecule has 1 aromatic rings. The van der Waals surface area contributed by atoms with E-state index >= 15 is 0 Å². The predicted octanol–water partition coefficient (Wildman–Crippen LogP) is 3.10. The van der Waals surface area contributed by atoms with Gasteiger partial charge in [0.15, 0.2) is 0 Å². The summed E-state index contributed by atoms with van der Waals surface area (Å²) in [6.07, 6.45) is 8.13. The van der Waals surface area contributed by atoms with Crippen molar-refractivity contribution in [2.45, 2.75) is 52.0 Å². The van der Waals surface area contributed by atoms with E-state index in [1.165, 1.54) is 36.9 Å². The molecule has 0 aromatic carbocycles. The first-order chi connectivity index (χ1) is 7.77. The zero-order chi connectivity index (χ0) is 11.8. The summed E-state index contributed by atoms with van der Waals surface area (Å²) in [6, 6.07) is 4.71. The third-order valence-electron chi connectivity index (χ3n) is 3.12. The van der Waals surface area contributed by atoms with Crippen LogP contribution in [0, 0.1) is 6.92 Å². The number of unbranched alkanes of at least 4 members (excludes halogenated alkanes) is 2. The molecule has 0 amide bonds. The predicted molar refractivity (Wildman–Crippen MR) is 69.7 cm³/mol. The topological polar surface area (TPSA) is 24.9 Å². The van der Waals surface area contributed by atoms with Crippen LogP contribution < -0.4 is 5.32 Å². The SMILES string of the molecule is CCCCCC(Cc1ncccc1C)NC. The molecule has 16 heavy (non-hydrogen) atoms. The van der Waals surface area contributed by atoms with Crippen LogP contribution in [-0.2, 0) is 6.42 Å². The fraction of sp³-hybridized carbons (Fsp3) is 0.643. The molecule has 0 saturated carbocycles. The maximum Gasteiger partial charge on any atom is 0.0448 e. The van der Waals surface area contributed by atoms with Gasteiger partial charge in [0.1, 0.15) is 0 Å². The van der Waals surface area contributed by atoms with Crippen molar-refractivity contribution in [1.82, 2.24) is 10.3 Å². The summed E-state index contributed by atoms with van der Waals surface area (Å²) in [7, 11) is 2.05. The van der Waals surface area contributed by atoms with Crippen molar-refractivity contribution in [1.29, 1.82) is 0 Å². The van der Waals surface area contributed by atoms with Crippen molar-refractivity contribution in [2.75, 3.05) is 7.05 Å². The molecule has 1 aromatic heterocycles. The first kappa shape index (κ1) is 13.2. The normalized spacial score (nSPS) is 12.7. The van der Waals surface area contributed by atoms with E-state index in [0.717, 1.165) is 6.42 Å². The van der Waals surface area contributed by atoms with Crippen LogP contribution in [0.2, 0.25) is 0 Å². The minimum absolute atomic E-state index is 0.570. The van der Waals surface area contributed by atoms with E-state index in [2.05, 4.69) is 37.3 Å². The molecule has 0 fully saturated rings. The van der Waals surface area contributed by atoms with Gasteiger partial charge in [-0.1, -0.05) is 32.3 Å². The van der Waals surface area contributed by atoms with Crippen LogP contribution in [-0.4, -0.2) is 18.1 Å². The number of hydrogen-bond acceptors (Lipinski definition) is 2. The van der Waals surface area contributed by atoms with Crippen LogP contribution in [0.4, 0.5) is 0 Å². The van der Waals surface area contributed by atoms with E-state index in [9.17, 15) is 0 Å². The van der Waals surface area contributed by atoms with Gasteiger partial charge in [0.05, 0.1) is 0 Å². The second kappa shape index (κ2) is 7.39. The first-order valence-electron chi connectivity index (χ1n) is 6.35. The molecule has 2 nitrogen and oxygen atoms in total. The van der Waals surface area contributed by atoms with Crippen LogP contribution in [0.3, 0.4) is 0 Å². The third-order valence-corrected chi connectivity index (χ3v) is 3.12. The van der Waals surface area contributed by atoms with Gasteiger partial charge in [-0.15, -0.1) is 0 Å². The van der Waals surface area contributed by atoms with Crippen LogP contribution in [0.25, 0.3) is 0 Å². The largest absolute Gasteiger partial charge is 0.317 e. The number of pyridine rings is 1. The van der Waals surface area contributed by atoms with Crippen molar-refractivity contribution in [3.05, 3.63) is 29.6 Å². The van der Waals surface area contributed by atoms with E-state index < -0.39 is 0 Å². The Balaban J connectivity index is 2.46. The summed E-state index contributed by atoms with van der Waals surface area (Å²) in [5, 5.41) is 3.40. The Morgan fingerprint density at radius 3 is 2.81 bits per heavy atom. The number of nitrogens with one attached hydrogen (secondary N) is 1. The zero-order valence-electron chi connectivity index (χ0n) is 10.8. The van der Waals surface area contributed by atoms with Crippen molar-refractivity contribution < 1.29 is 0 Å². The minimum Gasteiger partial charge on any atom is -0.317 e. The summed E-state index contributed by atoms with van der Waals surface area (Å²) in [4.78, 5) is 4.45. The van der Waals surface area contributed by atoms with Gasteiger partial charge in [0, 0.05) is 24.4 Å². The quantitative estimate of drug-likeness (QED) is 0.714. The number of nitrogens with zero attached hydrogens (tertiary/aromatic N) is 1. The molecule has 1 N–H and O–H groups in total. The molecule has 2 heteroatoms. The number of aryl methyl sites for hydroxylation is 1. The molecule has 0 saturated heterocycles. The first-order valence-corrected chi connectivity index (χ1v) is 6.35. The highest BCUT2D eigenvalue weighted by molar-refractivity contribution is 5.18. The summed E-state index contributed by atoms with van der Waals surface area (Å²) in [5.41, 5.74) is 2.54. The molecule has 90 valence electrons.